The van der Waals surface area contributed by atoms with Crippen LogP contribution in [0.5, 0.6) is 0 Å². The van der Waals surface area contributed by atoms with Crippen LogP contribution < -0.4 is 5.32 Å². The fourth-order valence-electron chi connectivity index (χ4n) is 2.28. The lowest BCUT2D eigenvalue weighted by Crippen LogP contribution is -2.29. The monoisotopic (exact) mass is 285 g/mol. The summed E-state index contributed by atoms with van der Waals surface area (Å²) in [7, 11) is -0.647. The van der Waals surface area contributed by atoms with Gasteiger partial charge in [-0.2, -0.15) is 0 Å². The molecule has 0 amide bonds. The highest BCUT2D eigenvalue weighted by atomic mass is 32.2. The second kappa shape index (κ2) is 6.56. The maximum atomic E-state index is 11.4. The van der Waals surface area contributed by atoms with E-state index in [1.807, 2.05) is 4.68 Å². The summed E-state index contributed by atoms with van der Waals surface area (Å²) in [6.45, 7) is 7.40. The molecule has 0 aliphatic carbocycles. The Kier molecular flexibility index (Phi) is 5.04. The topological polar surface area (TPSA) is 72.7 Å². The molecular formula is C12H23N5OS. The standard InChI is InChI=1S/C12H23N5OS/c1-9(2)8-13-10(3)12-14-15-16-17(12)11-4-6-19(18)7-5-11/h9-11,13H,4-8H2,1-3H3. The maximum absolute atomic E-state index is 11.4. The van der Waals surface area contributed by atoms with Crippen molar-refractivity contribution in [2.24, 2.45) is 5.92 Å². The lowest BCUT2D eigenvalue weighted by atomic mass is 10.1. The van der Waals surface area contributed by atoms with Crippen molar-refractivity contribution in [1.82, 2.24) is 25.5 Å². The molecule has 1 unspecified atom stereocenters. The first-order chi connectivity index (χ1) is 9.08. The van der Waals surface area contributed by atoms with E-state index < -0.39 is 10.8 Å². The molecule has 6 nitrogen and oxygen atoms in total. The Morgan fingerprint density at radius 2 is 2.05 bits per heavy atom. The van der Waals surface area contributed by atoms with Crippen LogP contribution in [0.2, 0.25) is 0 Å². The van der Waals surface area contributed by atoms with Crippen LogP contribution in [0.25, 0.3) is 0 Å². The molecule has 108 valence electrons. The van der Waals surface area contributed by atoms with Gasteiger partial charge in [0.2, 0.25) is 0 Å². The van der Waals surface area contributed by atoms with Crippen molar-refractivity contribution in [2.45, 2.75) is 45.7 Å². The minimum Gasteiger partial charge on any atom is -0.307 e. The lowest BCUT2D eigenvalue weighted by Gasteiger charge is -2.24. The summed E-state index contributed by atoms with van der Waals surface area (Å²) in [6.07, 6.45) is 1.81. The Bertz CT molecular complexity index is 424. The van der Waals surface area contributed by atoms with Gasteiger partial charge < -0.3 is 5.32 Å². The first-order valence-corrected chi connectivity index (χ1v) is 8.43. The van der Waals surface area contributed by atoms with Gasteiger partial charge in [-0.3, -0.25) is 4.21 Å². The van der Waals surface area contributed by atoms with Gasteiger partial charge in [0.05, 0.1) is 12.1 Å². The number of nitrogens with one attached hydrogen (secondary N) is 1. The third kappa shape index (κ3) is 3.82. The molecule has 0 saturated carbocycles. The van der Waals surface area contributed by atoms with Crippen LogP contribution in [0.15, 0.2) is 0 Å². The molecule has 1 aromatic rings. The van der Waals surface area contributed by atoms with Gasteiger partial charge in [0.1, 0.15) is 0 Å². The minimum atomic E-state index is -0.647. The molecule has 1 aliphatic rings. The first kappa shape index (κ1) is 14.6. The van der Waals surface area contributed by atoms with Gasteiger partial charge in [-0.15, -0.1) is 5.10 Å². The van der Waals surface area contributed by atoms with E-state index in [-0.39, 0.29) is 6.04 Å². The molecular weight excluding hydrogens is 262 g/mol. The Balaban J connectivity index is 2.02. The summed E-state index contributed by atoms with van der Waals surface area (Å²) in [6, 6.07) is 0.441. The second-order valence-corrected chi connectivity index (χ2v) is 7.28. The molecule has 2 heterocycles. The lowest BCUT2D eigenvalue weighted by molar-refractivity contribution is 0.375. The average molecular weight is 285 g/mol. The van der Waals surface area contributed by atoms with E-state index in [1.54, 1.807) is 0 Å². The van der Waals surface area contributed by atoms with Crippen LogP contribution in [0.3, 0.4) is 0 Å². The number of aromatic nitrogens is 4. The smallest absolute Gasteiger partial charge is 0.168 e. The van der Waals surface area contributed by atoms with Gasteiger partial charge >= 0.3 is 0 Å². The van der Waals surface area contributed by atoms with E-state index in [0.717, 1.165) is 36.7 Å². The van der Waals surface area contributed by atoms with Gasteiger partial charge in [-0.05, 0) is 42.7 Å². The Labute approximate surface area is 116 Å². The van der Waals surface area contributed by atoms with Crippen molar-refractivity contribution in [1.29, 1.82) is 0 Å². The largest absolute Gasteiger partial charge is 0.307 e. The van der Waals surface area contributed by atoms with Gasteiger partial charge in [-0.25, -0.2) is 4.68 Å². The van der Waals surface area contributed by atoms with E-state index in [0.29, 0.717) is 12.0 Å². The summed E-state index contributed by atoms with van der Waals surface area (Å²) in [5.41, 5.74) is 0. The molecule has 2 rings (SSSR count). The Hall–Kier alpha value is -0.820. The van der Waals surface area contributed by atoms with Crippen LogP contribution in [0.4, 0.5) is 0 Å². The fourth-order valence-corrected chi connectivity index (χ4v) is 3.55. The predicted molar refractivity (Wildman–Crippen MR) is 75.2 cm³/mol. The van der Waals surface area contributed by atoms with Crippen molar-refractivity contribution in [3.8, 4) is 0 Å². The fraction of sp³-hybridized carbons (Fsp3) is 0.917. The molecule has 1 fully saturated rings. The quantitative estimate of drug-likeness (QED) is 0.876. The highest BCUT2D eigenvalue weighted by Gasteiger charge is 2.25. The highest BCUT2D eigenvalue weighted by molar-refractivity contribution is 7.85. The van der Waals surface area contributed by atoms with Crippen LogP contribution in [0.1, 0.15) is 51.5 Å². The Morgan fingerprint density at radius 3 is 2.68 bits per heavy atom. The number of tetrazole rings is 1. The maximum Gasteiger partial charge on any atom is 0.168 e. The normalized spacial score (nSPS) is 25.7. The number of hydrogen-bond donors (Lipinski definition) is 1. The molecule has 1 aromatic heterocycles. The van der Waals surface area contributed by atoms with Gasteiger partial charge in [0, 0.05) is 22.3 Å². The zero-order chi connectivity index (χ0) is 13.8. The molecule has 1 aliphatic heterocycles. The van der Waals surface area contributed by atoms with Gasteiger partial charge in [0.15, 0.2) is 5.82 Å². The van der Waals surface area contributed by atoms with Crippen LogP contribution >= 0.6 is 0 Å². The molecule has 0 bridgehead atoms. The number of rotatable bonds is 5. The van der Waals surface area contributed by atoms with Gasteiger partial charge in [0.25, 0.3) is 0 Å². The summed E-state index contributed by atoms with van der Waals surface area (Å²) in [4.78, 5) is 0. The third-order valence-electron chi connectivity index (χ3n) is 3.44. The third-order valence-corrected chi connectivity index (χ3v) is 4.82. The summed E-state index contributed by atoms with van der Waals surface area (Å²) in [5.74, 6) is 3.01. The predicted octanol–water partition coefficient (Wildman–Crippen LogP) is 1.06. The zero-order valence-electron chi connectivity index (χ0n) is 11.9. The molecule has 0 radical (unpaired) electrons. The van der Waals surface area contributed by atoms with Crippen molar-refractivity contribution in [3.63, 3.8) is 0 Å². The summed E-state index contributed by atoms with van der Waals surface area (Å²) in [5, 5.41) is 15.5. The van der Waals surface area contributed by atoms with Crippen LogP contribution in [-0.4, -0.2) is 42.5 Å². The van der Waals surface area contributed by atoms with E-state index >= 15 is 0 Å². The number of hydrogen-bond acceptors (Lipinski definition) is 5. The second-order valence-electron chi connectivity index (χ2n) is 5.58. The molecule has 19 heavy (non-hydrogen) atoms. The van der Waals surface area contributed by atoms with E-state index in [1.165, 1.54) is 0 Å². The number of nitrogens with zero attached hydrogens (tertiary/aromatic N) is 4. The first-order valence-electron chi connectivity index (χ1n) is 6.94. The Morgan fingerprint density at radius 1 is 1.37 bits per heavy atom. The summed E-state index contributed by atoms with van der Waals surface area (Å²) >= 11 is 0. The molecule has 1 atom stereocenters. The van der Waals surface area contributed by atoms with E-state index in [4.69, 9.17) is 0 Å². The zero-order valence-corrected chi connectivity index (χ0v) is 12.7. The SMILES string of the molecule is CC(C)CNC(C)c1nnnn1C1CCS(=O)CC1. The van der Waals surface area contributed by atoms with Crippen LogP contribution in [0, 0.1) is 5.92 Å². The van der Waals surface area contributed by atoms with Crippen molar-refractivity contribution >= 4 is 10.8 Å². The molecule has 0 spiro atoms. The van der Waals surface area contributed by atoms with Crippen molar-refractivity contribution < 1.29 is 4.21 Å². The summed E-state index contributed by atoms with van der Waals surface area (Å²) < 4.78 is 13.3. The molecule has 1 saturated heterocycles. The minimum absolute atomic E-state index is 0.143. The highest BCUT2D eigenvalue weighted by Crippen LogP contribution is 2.24. The van der Waals surface area contributed by atoms with E-state index in [2.05, 4.69) is 41.6 Å². The van der Waals surface area contributed by atoms with Crippen molar-refractivity contribution in [3.05, 3.63) is 5.82 Å². The van der Waals surface area contributed by atoms with Crippen LogP contribution in [-0.2, 0) is 10.8 Å². The van der Waals surface area contributed by atoms with E-state index in [9.17, 15) is 4.21 Å². The van der Waals surface area contributed by atoms with Crippen molar-refractivity contribution in [2.75, 3.05) is 18.1 Å². The average Bonchev–Trinajstić information content (AvgIpc) is 2.86. The molecule has 0 aromatic carbocycles. The van der Waals surface area contributed by atoms with Gasteiger partial charge in [-0.1, -0.05) is 13.8 Å². The molecule has 7 heteroatoms. The molecule has 1 N–H and O–H groups in total.